The predicted molar refractivity (Wildman–Crippen MR) is 133 cm³/mol. The van der Waals surface area contributed by atoms with Crippen molar-refractivity contribution >= 4 is 28.7 Å². The number of imide groups is 1. The topological polar surface area (TPSA) is 66.8 Å². The maximum Gasteiger partial charge on any atom is 0.233 e. The van der Waals surface area contributed by atoms with E-state index in [0.29, 0.717) is 25.3 Å². The van der Waals surface area contributed by atoms with Gasteiger partial charge in [-0.3, -0.25) is 14.5 Å². The molecule has 0 bridgehead atoms. The zero-order chi connectivity index (χ0) is 24.0. The fraction of sp³-hybridized carbons (Fsp3) is 0.448. The highest BCUT2D eigenvalue weighted by molar-refractivity contribution is 6.06. The molecule has 5 rings (SSSR count). The number of hydrogen-bond donors (Lipinski definition) is 1. The van der Waals surface area contributed by atoms with E-state index in [0.717, 1.165) is 35.6 Å². The minimum absolute atomic E-state index is 0.00591. The molecule has 3 aliphatic rings. The van der Waals surface area contributed by atoms with Gasteiger partial charge in [0.1, 0.15) is 5.75 Å². The third-order valence-corrected chi connectivity index (χ3v) is 7.83. The Hall–Kier alpha value is -2.92. The number of aromatic hydroxyl groups is 1. The molecule has 178 valence electrons. The van der Waals surface area contributed by atoms with Gasteiger partial charge >= 0.3 is 0 Å². The Kier molecular flexibility index (Phi) is 6.07. The van der Waals surface area contributed by atoms with Crippen molar-refractivity contribution in [1.29, 1.82) is 0 Å². The fourth-order valence-electron chi connectivity index (χ4n) is 6.27. The molecule has 0 saturated carbocycles. The number of phenolic OH excluding ortho intramolecular Hbond substituents is 1. The van der Waals surface area contributed by atoms with Gasteiger partial charge in [0, 0.05) is 17.8 Å². The average Bonchev–Trinajstić information content (AvgIpc) is 3.35. The molecule has 2 fully saturated rings. The molecule has 0 spiro atoms. The van der Waals surface area contributed by atoms with Gasteiger partial charge in [-0.2, -0.15) is 0 Å². The number of likely N-dealkylation sites (tertiary alicyclic amines) is 1. The SMILES string of the molecule is CCCN1C(=O)[C@@H]2[C@@H](CC(C)=C3[C@@H](CC/C(C)=C/c4ccc(O)c5ccccc45)OC[C@@H]32)C1=O. The Labute approximate surface area is 201 Å². The first kappa shape index (κ1) is 22.9. The number of rotatable bonds is 6. The van der Waals surface area contributed by atoms with Crippen molar-refractivity contribution in [3.63, 3.8) is 0 Å². The molecule has 2 aliphatic heterocycles. The van der Waals surface area contributed by atoms with Crippen LogP contribution >= 0.6 is 0 Å². The first-order valence-corrected chi connectivity index (χ1v) is 12.4. The van der Waals surface area contributed by atoms with Crippen LogP contribution in [0.25, 0.3) is 16.8 Å². The summed E-state index contributed by atoms with van der Waals surface area (Å²) < 4.78 is 6.24. The maximum absolute atomic E-state index is 13.1. The molecule has 2 aromatic carbocycles. The lowest BCUT2D eigenvalue weighted by atomic mass is 9.70. The highest BCUT2D eigenvalue weighted by atomic mass is 16.5. The Bertz CT molecular complexity index is 1210. The van der Waals surface area contributed by atoms with E-state index in [1.54, 1.807) is 6.07 Å². The molecule has 1 N–H and O–H groups in total. The largest absolute Gasteiger partial charge is 0.507 e. The van der Waals surface area contributed by atoms with Gasteiger partial charge in [0.05, 0.1) is 24.5 Å². The van der Waals surface area contributed by atoms with E-state index in [2.05, 4.69) is 19.9 Å². The Morgan fingerprint density at radius 3 is 2.65 bits per heavy atom. The summed E-state index contributed by atoms with van der Waals surface area (Å²) >= 11 is 0. The monoisotopic (exact) mass is 459 g/mol. The van der Waals surface area contributed by atoms with E-state index in [1.165, 1.54) is 21.6 Å². The van der Waals surface area contributed by atoms with Crippen LogP contribution < -0.4 is 0 Å². The summed E-state index contributed by atoms with van der Waals surface area (Å²) in [5.41, 5.74) is 4.84. The number of nitrogens with zero attached hydrogens (tertiary/aromatic N) is 1. The zero-order valence-electron chi connectivity index (χ0n) is 20.2. The van der Waals surface area contributed by atoms with Crippen LogP contribution in [-0.2, 0) is 14.3 Å². The Morgan fingerprint density at radius 1 is 1.12 bits per heavy atom. The minimum atomic E-state index is -0.247. The van der Waals surface area contributed by atoms with Crippen molar-refractivity contribution in [1.82, 2.24) is 4.90 Å². The Morgan fingerprint density at radius 2 is 1.88 bits per heavy atom. The molecule has 34 heavy (non-hydrogen) atoms. The van der Waals surface area contributed by atoms with Crippen molar-refractivity contribution in [2.24, 2.45) is 17.8 Å². The van der Waals surface area contributed by atoms with Gasteiger partial charge in [-0.25, -0.2) is 0 Å². The third-order valence-electron chi connectivity index (χ3n) is 7.83. The number of ether oxygens (including phenoxy) is 1. The molecular weight excluding hydrogens is 426 g/mol. The molecule has 1 aliphatic carbocycles. The van der Waals surface area contributed by atoms with E-state index < -0.39 is 0 Å². The van der Waals surface area contributed by atoms with Crippen LogP contribution in [0.1, 0.15) is 52.0 Å². The highest BCUT2D eigenvalue weighted by Crippen LogP contribution is 2.49. The van der Waals surface area contributed by atoms with E-state index in [-0.39, 0.29) is 35.7 Å². The van der Waals surface area contributed by atoms with Crippen LogP contribution in [0.5, 0.6) is 5.75 Å². The highest BCUT2D eigenvalue weighted by Gasteiger charge is 2.56. The van der Waals surface area contributed by atoms with Gasteiger partial charge in [-0.05, 0) is 62.1 Å². The number of fused-ring (bicyclic) bond motifs is 4. The van der Waals surface area contributed by atoms with Gasteiger partial charge in [0.25, 0.3) is 0 Å². The summed E-state index contributed by atoms with van der Waals surface area (Å²) in [5.74, 6) is -0.106. The number of allylic oxidation sites excluding steroid dienone is 2. The lowest BCUT2D eigenvalue weighted by molar-refractivity contribution is -0.140. The van der Waals surface area contributed by atoms with Gasteiger partial charge in [0.2, 0.25) is 11.8 Å². The lowest BCUT2D eigenvalue weighted by Gasteiger charge is -2.30. The van der Waals surface area contributed by atoms with Gasteiger partial charge in [0.15, 0.2) is 0 Å². The van der Waals surface area contributed by atoms with E-state index in [1.807, 2.05) is 37.3 Å². The zero-order valence-corrected chi connectivity index (χ0v) is 20.2. The molecule has 0 radical (unpaired) electrons. The smallest absolute Gasteiger partial charge is 0.233 e. The molecule has 4 atom stereocenters. The van der Waals surface area contributed by atoms with E-state index >= 15 is 0 Å². The van der Waals surface area contributed by atoms with Crippen LogP contribution in [0, 0.1) is 17.8 Å². The number of hydrogen-bond acceptors (Lipinski definition) is 4. The molecule has 2 amide bonds. The first-order chi connectivity index (χ1) is 16.4. The molecule has 0 aromatic heterocycles. The Balaban J connectivity index is 1.32. The molecule has 5 heteroatoms. The standard InChI is InChI=1S/C29H33NO4/c1-4-13-30-28(32)22-15-18(3)26-23(27(22)29(30)33)16-34-25(26)12-9-17(2)14-19-10-11-24(31)21-8-6-5-7-20(19)21/h5-8,10-11,14,22-23,25,27,31H,4,9,12-13,15-16H2,1-3H3/b17-14+/t22-,23+,25-,27-/m1/s1. The number of phenols is 1. The number of carbonyl (C=O) groups is 2. The molecule has 5 nitrogen and oxygen atoms in total. The van der Waals surface area contributed by atoms with E-state index in [9.17, 15) is 14.7 Å². The fourth-order valence-corrected chi connectivity index (χ4v) is 6.27. The first-order valence-electron chi connectivity index (χ1n) is 12.4. The van der Waals surface area contributed by atoms with E-state index in [4.69, 9.17) is 4.74 Å². The third kappa shape index (κ3) is 3.76. The lowest BCUT2D eigenvalue weighted by Crippen LogP contribution is -2.34. The summed E-state index contributed by atoms with van der Waals surface area (Å²) in [5, 5.41) is 12.1. The van der Waals surface area contributed by atoms with Gasteiger partial charge < -0.3 is 9.84 Å². The van der Waals surface area contributed by atoms with Crippen LogP contribution in [0.3, 0.4) is 0 Å². The van der Waals surface area contributed by atoms with Crippen molar-refractivity contribution in [3.05, 3.63) is 58.7 Å². The molecule has 2 aromatic rings. The second-order valence-electron chi connectivity index (χ2n) is 10.1. The maximum atomic E-state index is 13.1. The number of amides is 2. The molecular formula is C29H33NO4. The van der Waals surface area contributed by atoms with Gasteiger partial charge in [-0.1, -0.05) is 54.5 Å². The predicted octanol–water partition coefficient (Wildman–Crippen LogP) is 5.48. The quantitative estimate of drug-likeness (QED) is 0.459. The van der Waals surface area contributed by atoms with Crippen LogP contribution in [0.15, 0.2) is 53.1 Å². The molecule has 0 unspecified atom stereocenters. The number of benzene rings is 2. The van der Waals surface area contributed by atoms with Crippen molar-refractivity contribution in [2.45, 2.75) is 52.6 Å². The molecule has 2 heterocycles. The van der Waals surface area contributed by atoms with Crippen LogP contribution in [0.2, 0.25) is 0 Å². The van der Waals surface area contributed by atoms with Crippen LogP contribution in [0.4, 0.5) is 0 Å². The summed E-state index contributed by atoms with van der Waals surface area (Å²) in [6.07, 6.45) is 5.41. The van der Waals surface area contributed by atoms with Crippen LogP contribution in [-0.4, -0.2) is 41.1 Å². The normalized spacial score (nSPS) is 27.0. The summed E-state index contributed by atoms with van der Waals surface area (Å²) in [6.45, 7) is 7.30. The summed E-state index contributed by atoms with van der Waals surface area (Å²) in [6, 6.07) is 11.6. The second kappa shape index (κ2) is 9.03. The minimum Gasteiger partial charge on any atom is -0.507 e. The van der Waals surface area contributed by atoms with Crippen molar-refractivity contribution in [2.75, 3.05) is 13.2 Å². The summed E-state index contributed by atoms with van der Waals surface area (Å²) in [4.78, 5) is 27.5. The second-order valence-corrected chi connectivity index (χ2v) is 10.1. The van der Waals surface area contributed by atoms with Gasteiger partial charge in [-0.15, -0.1) is 0 Å². The van der Waals surface area contributed by atoms with Crippen molar-refractivity contribution < 1.29 is 19.4 Å². The average molecular weight is 460 g/mol. The summed E-state index contributed by atoms with van der Waals surface area (Å²) in [7, 11) is 0. The van der Waals surface area contributed by atoms with Crippen molar-refractivity contribution in [3.8, 4) is 5.75 Å². The number of carbonyl (C=O) groups excluding carboxylic acids is 2. The molecule has 2 saturated heterocycles.